The van der Waals surface area contributed by atoms with Crippen LogP contribution in [0.1, 0.15) is 25.3 Å². The molecule has 19 heavy (non-hydrogen) atoms. The number of aromatic nitrogens is 1. The van der Waals surface area contributed by atoms with Gasteiger partial charge in [0.1, 0.15) is 0 Å². The lowest BCUT2D eigenvalue weighted by Crippen LogP contribution is -2.25. The average molecular weight is 267 g/mol. The summed E-state index contributed by atoms with van der Waals surface area (Å²) in [5.41, 5.74) is 0.680. The Morgan fingerprint density at radius 3 is 3.11 bits per heavy atom. The molecule has 0 radical (unpaired) electrons. The Morgan fingerprint density at radius 2 is 2.42 bits per heavy atom. The smallest absolute Gasteiger partial charge is 0.170 e. The van der Waals surface area contributed by atoms with Crippen LogP contribution in [0.4, 0.5) is 10.2 Å². The van der Waals surface area contributed by atoms with Gasteiger partial charge in [-0.15, -0.1) is 0 Å². The molecule has 0 bridgehead atoms. The summed E-state index contributed by atoms with van der Waals surface area (Å²) in [6.45, 7) is 5.06. The van der Waals surface area contributed by atoms with E-state index in [4.69, 9.17) is 4.74 Å². The fraction of sp³-hybridized carbons (Fsp3) is 0.643. The third-order valence-corrected chi connectivity index (χ3v) is 3.47. The highest BCUT2D eigenvalue weighted by atomic mass is 19.1. The largest absolute Gasteiger partial charge is 0.380 e. The van der Waals surface area contributed by atoms with Gasteiger partial charge < -0.3 is 15.0 Å². The summed E-state index contributed by atoms with van der Waals surface area (Å²) in [6.07, 6.45) is 3.83. The molecular weight excluding hydrogens is 245 g/mol. The Labute approximate surface area is 114 Å². The molecule has 1 aromatic heterocycles. The average Bonchev–Trinajstić information content (AvgIpc) is 2.89. The molecule has 4 nitrogen and oxygen atoms in total. The van der Waals surface area contributed by atoms with E-state index in [1.165, 1.54) is 0 Å². The molecule has 2 heterocycles. The fourth-order valence-corrected chi connectivity index (χ4v) is 2.34. The molecule has 1 aliphatic heterocycles. The summed E-state index contributed by atoms with van der Waals surface area (Å²) >= 11 is 0. The lowest BCUT2D eigenvalue weighted by atomic mass is 10.2. The number of nitrogens with zero attached hydrogens (tertiary/aromatic N) is 2. The summed E-state index contributed by atoms with van der Waals surface area (Å²) in [4.78, 5) is 6.15. The number of ether oxygens (including phenoxy) is 1. The van der Waals surface area contributed by atoms with Gasteiger partial charge in [0.05, 0.1) is 6.10 Å². The molecule has 0 aliphatic carbocycles. The van der Waals surface area contributed by atoms with Gasteiger partial charge in [-0.25, -0.2) is 9.37 Å². The molecule has 5 heteroatoms. The van der Waals surface area contributed by atoms with E-state index < -0.39 is 0 Å². The van der Waals surface area contributed by atoms with Crippen molar-refractivity contribution in [2.75, 3.05) is 31.6 Å². The summed E-state index contributed by atoms with van der Waals surface area (Å²) in [6, 6.07) is 1.74. The van der Waals surface area contributed by atoms with Crippen LogP contribution in [0.15, 0.2) is 12.3 Å². The molecule has 0 spiro atoms. The van der Waals surface area contributed by atoms with E-state index in [2.05, 4.69) is 17.2 Å². The zero-order chi connectivity index (χ0) is 13.7. The van der Waals surface area contributed by atoms with Crippen molar-refractivity contribution < 1.29 is 9.13 Å². The molecule has 1 aromatic rings. The minimum Gasteiger partial charge on any atom is -0.380 e. The summed E-state index contributed by atoms with van der Waals surface area (Å²) in [7, 11) is 1.70. The van der Waals surface area contributed by atoms with Gasteiger partial charge in [-0.05, 0) is 25.5 Å². The molecule has 1 atom stereocenters. The van der Waals surface area contributed by atoms with Gasteiger partial charge in [-0.2, -0.15) is 0 Å². The molecule has 1 saturated heterocycles. The van der Waals surface area contributed by atoms with Crippen molar-refractivity contribution in [2.24, 2.45) is 0 Å². The predicted octanol–water partition coefficient (Wildman–Crippen LogP) is 1.95. The molecule has 1 aliphatic rings. The van der Waals surface area contributed by atoms with Crippen LogP contribution in [0.3, 0.4) is 0 Å². The number of nitrogens with one attached hydrogen (secondary N) is 1. The normalized spacial score (nSPS) is 19.1. The second-order valence-corrected chi connectivity index (χ2v) is 4.88. The maximum absolute atomic E-state index is 14.4. The first-order valence-electron chi connectivity index (χ1n) is 6.88. The fourth-order valence-electron chi connectivity index (χ4n) is 2.34. The van der Waals surface area contributed by atoms with Crippen LogP contribution in [0.25, 0.3) is 0 Å². The van der Waals surface area contributed by atoms with Gasteiger partial charge in [0.25, 0.3) is 0 Å². The Hall–Kier alpha value is -1.20. The van der Waals surface area contributed by atoms with E-state index in [9.17, 15) is 4.39 Å². The highest BCUT2D eigenvalue weighted by Crippen LogP contribution is 2.24. The number of anilines is 1. The van der Waals surface area contributed by atoms with Crippen molar-refractivity contribution in [1.29, 1.82) is 0 Å². The SMILES string of the molecule is CCCNCc1ccnc(N2CCC(OC)C2)c1F. The third kappa shape index (κ3) is 3.42. The van der Waals surface area contributed by atoms with Crippen LogP contribution in [-0.2, 0) is 11.3 Å². The van der Waals surface area contributed by atoms with Crippen LogP contribution in [-0.4, -0.2) is 37.8 Å². The van der Waals surface area contributed by atoms with Crippen molar-refractivity contribution in [1.82, 2.24) is 10.3 Å². The summed E-state index contributed by atoms with van der Waals surface area (Å²) in [5.74, 6) is 0.248. The van der Waals surface area contributed by atoms with E-state index >= 15 is 0 Å². The molecule has 0 aromatic carbocycles. The minimum absolute atomic E-state index is 0.183. The number of rotatable bonds is 6. The monoisotopic (exact) mass is 267 g/mol. The number of methoxy groups -OCH3 is 1. The van der Waals surface area contributed by atoms with Crippen molar-refractivity contribution in [2.45, 2.75) is 32.4 Å². The Bertz CT molecular complexity index is 414. The number of halogens is 1. The molecule has 106 valence electrons. The van der Waals surface area contributed by atoms with Gasteiger partial charge in [-0.1, -0.05) is 6.92 Å². The summed E-state index contributed by atoms with van der Waals surface area (Å²) in [5, 5.41) is 3.22. The molecular formula is C14H22FN3O. The highest BCUT2D eigenvalue weighted by molar-refractivity contribution is 5.44. The number of pyridine rings is 1. The van der Waals surface area contributed by atoms with Crippen LogP contribution < -0.4 is 10.2 Å². The predicted molar refractivity (Wildman–Crippen MR) is 73.8 cm³/mol. The standard InChI is InChI=1S/C14H22FN3O/c1-3-6-16-9-11-4-7-17-14(13(11)15)18-8-5-12(10-18)19-2/h4,7,12,16H,3,5-6,8-10H2,1-2H3. The van der Waals surface area contributed by atoms with E-state index in [0.29, 0.717) is 24.5 Å². The van der Waals surface area contributed by atoms with Gasteiger partial charge >= 0.3 is 0 Å². The number of hydrogen-bond donors (Lipinski definition) is 1. The second-order valence-electron chi connectivity index (χ2n) is 4.88. The number of hydrogen-bond acceptors (Lipinski definition) is 4. The van der Waals surface area contributed by atoms with E-state index in [1.54, 1.807) is 19.4 Å². The van der Waals surface area contributed by atoms with Crippen molar-refractivity contribution in [3.63, 3.8) is 0 Å². The third-order valence-electron chi connectivity index (χ3n) is 3.47. The molecule has 0 amide bonds. The van der Waals surface area contributed by atoms with Crippen LogP contribution in [0.2, 0.25) is 0 Å². The first-order chi connectivity index (χ1) is 9.26. The molecule has 1 unspecified atom stereocenters. The molecule has 1 fully saturated rings. The van der Waals surface area contributed by atoms with Gasteiger partial charge in [0, 0.05) is 38.5 Å². The topological polar surface area (TPSA) is 37.4 Å². The quantitative estimate of drug-likeness (QED) is 0.799. The maximum Gasteiger partial charge on any atom is 0.170 e. The lowest BCUT2D eigenvalue weighted by molar-refractivity contribution is 0.121. The molecule has 0 saturated carbocycles. The van der Waals surface area contributed by atoms with E-state index in [-0.39, 0.29) is 11.9 Å². The van der Waals surface area contributed by atoms with Gasteiger partial charge in [-0.3, -0.25) is 0 Å². The highest BCUT2D eigenvalue weighted by Gasteiger charge is 2.25. The first kappa shape index (κ1) is 14.2. The first-order valence-corrected chi connectivity index (χ1v) is 6.88. The van der Waals surface area contributed by atoms with Crippen LogP contribution in [0.5, 0.6) is 0 Å². The van der Waals surface area contributed by atoms with Crippen molar-refractivity contribution in [3.05, 3.63) is 23.6 Å². The lowest BCUT2D eigenvalue weighted by Gasteiger charge is -2.19. The Kier molecular flexibility index (Phi) is 5.10. The zero-order valence-electron chi connectivity index (χ0n) is 11.7. The van der Waals surface area contributed by atoms with Crippen LogP contribution >= 0.6 is 0 Å². The Morgan fingerprint density at radius 1 is 1.58 bits per heavy atom. The van der Waals surface area contributed by atoms with Crippen molar-refractivity contribution in [3.8, 4) is 0 Å². The van der Waals surface area contributed by atoms with Crippen molar-refractivity contribution >= 4 is 5.82 Å². The molecule has 1 N–H and O–H groups in total. The van der Waals surface area contributed by atoms with Gasteiger partial charge in [0.2, 0.25) is 0 Å². The molecule has 2 rings (SSSR count). The summed E-state index contributed by atoms with van der Waals surface area (Å²) < 4.78 is 19.7. The minimum atomic E-state index is -0.206. The zero-order valence-corrected chi connectivity index (χ0v) is 11.7. The van der Waals surface area contributed by atoms with Gasteiger partial charge in [0.15, 0.2) is 11.6 Å². The maximum atomic E-state index is 14.4. The second kappa shape index (κ2) is 6.82. The van der Waals surface area contributed by atoms with E-state index in [1.807, 2.05) is 4.90 Å². The van der Waals surface area contributed by atoms with Crippen LogP contribution in [0, 0.1) is 5.82 Å². The Balaban J connectivity index is 2.07. The van der Waals surface area contributed by atoms with E-state index in [0.717, 1.165) is 25.9 Å².